The van der Waals surface area contributed by atoms with Gasteiger partial charge in [0.15, 0.2) is 5.78 Å². The minimum absolute atomic E-state index is 0.114. The highest BCUT2D eigenvalue weighted by molar-refractivity contribution is 7.98. The first kappa shape index (κ1) is 10.6. The van der Waals surface area contributed by atoms with E-state index in [-0.39, 0.29) is 5.78 Å². The predicted octanol–water partition coefficient (Wildman–Crippen LogP) is 3.22. The number of ketones is 1. The first-order valence-corrected chi connectivity index (χ1v) is 5.77. The van der Waals surface area contributed by atoms with Crippen molar-refractivity contribution in [2.24, 2.45) is 0 Å². The average molecular weight is 215 g/mol. The molecule has 3 heteroatoms. The second kappa shape index (κ2) is 5.30. The van der Waals surface area contributed by atoms with E-state index in [4.69, 9.17) is 11.6 Å². The number of hydrogen-bond acceptors (Lipinski definition) is 2. The zero-order valence-electron chi connectivity index (χ0n) is 7.42. The number of rotatable bonds is 4. The molecule has 0 aliphatic heterocycles. The molecular weight excluding hydrogens is 204 g/mol. The van der Waals surface area contributed by atoms with E-state index in [9.17, 15) is 4.79 Å². The summed E-state index contributed by atoms with van der Waals surface area (Å²) in [6, 6.07) is 7.60. The zero-order chi connectivity index (χ0) is 9.68. The van der Waals surface area contributed by atoms with E-state index in [0.717, 1.165) is 5.56 Å². The molecule has 70 valence electrons. The molecule has 0 radical (unpaired) electrons. The molecule has 1 aromatic rings. The molecule has 0 spiro atoms. The van der Waals surface area contributed by atoms with Crippen molar-refractivity contribution < 1.29 is 4.79 Å². The smallest absolute Gasteiger partial charge is 0.164 e. The van der Waals surface area contributed by atoms with Gasteiger partial charge in [-0.3, -0.25) is 4.79 Å². The Hall–Kier alpha value is -0.470. The van der Waals surface area contributed by atoms with Gasteiger partial charge in [-0.05, 0) is 18.4 Å². The summed E-state index contributed by atoms with van der Waals surface area (Å²) in [6.07, 6.45) is 2.43. The molecule has 1 nitrogen and oxygen atoms in total. The maximum Gasteiger partial charge on any atom is 0.164 e. The van der Waals surface area contributed by atoms with Crippen LogP contribution >= 0.6 is 23.4 Å². The second-order valence-corrected chi connectivity index (χ2v) is 3.85. The lowest BCUT2D eigenvalue weighted by Crippen LogP contribution is -1.98. The Morgan fingerprint density at radius 3 is 2.46 bits per heavy atom. The van der Waals surface area contributed by atoms with Gasteiger partial charge < -0.3 is 0 Å². The van der Waals surface area contributed by atoms with Crippen LogP contribution in [0.3, 0.4) is 0 Å². The van der Waals surface area contributed by atoms with Crippen molar-refractivity contribution in [1.82, 2.24) is 0 Å². The van der Waals surface area contributed by atoms with Crippen LogP contribution in [0, 0.1) is 0 Å². The van der Waals surface area contributed by atoms with Gasteiger partial charge in [0.1, 0.15) is 0 Å². The number of carbonyl (C=O) groups is 1. The van der Waals surface area contributed by atoms with Gasteiger partial charge in [0.25, 0.3) is 0 Å². The first-order valence-electron chi connectivity index (χ1n) is 4.01. The van der Waals surface area contributed by atoms with Gasteiger partial charge in [-0.1, -0.05) is 12.1 Å². The molecular formula is C10H11ClOS. The third-order valence-corrected chi connectivity index (χ3v) is 2.67. The Labute approximate surface area is 87.5 Å². The summed E-state index contributed by atoms with van der Waals surface area (Å²) in [5.74, 6) is 0.506. The Morgan fingerprint density at radius 1 is 1.38 bits per heavy atom. The van der Waals surface area contributed by atoms with Gasteiger partial charge in [-0.2, -0.15) is 0 Å². The van der Waals surface area contributed by atoms with E-state index in [0.29, 0.717) is 12.3 Å². The quantitative estimate of drug-likeness (QED) is 0.435. The normalized spacial score (nSPS) is 10.0. The van der Waals surface area contributed by atoms with Gasteiger partial charge >= 0.3 is 0 Å². The molecule has 0 fully saturated rings. The van der Waals surface area contributed by atoms with E-state index in [1.54, 1.807) is 11.8 Å². The summed E-state index contributed by atoms with van der Waals surface area (Å²) < 4.78 is 0. The summed E-state index contributed by atoms with van der Waals surface area (Å²) in [4.78, 5) is 12.5. The van der Waals surface area contributed by atoms with Crippen LogP contribution < -0.4 is 0 Å². The molecule has 0 bridgehead atoms. The number of Topliss-reactive ketones (excluding diaryl/α,β-unsaturated/α-hetero) is 1. The fourth-order valence-corrected chi connectivity index (χ4v) is 1.59. The van der Waals surface area contributed by atoms with Gasteiger partial charge in [0.05, 0.1) is 0 Å². The monoisotopic (exact) mass is 214 g/mol. The van der Waals surface area contributed by atoms with Crippen molar-refractivity contribution in [2.45, 2.75) is 11.3 Å². The highest BCUT2D eigenvalue weighted by Gasteiger charge is 2.03. The van der Waals surface area contributed by atoms with Crippen LogP contribution in [0.5, 0.6) is 0 Å². The molecule has 0 aliphatic carbocycles. The third-order valence-electron chi connectivity index (χ3n) is 1.73. The summed E-state index contributed by atoms with van der Waals surface area (Å²) in [7, 11) is 0. The largest absolute Gasteiger partial charge is 0.294 e. The highest BCUT2D eigenvalue weighted by atomic mass is 35.5. The molecule has 0 saturated heterocycles. The van der Waals surface area contributed by atoms with Crippen molar-refractivity contribution in [3.05, 3.63) is 29.8 Å². The number of thioether (sulfide) groups is 1. The maximum atomic E-state index is 11.4. The van der Waals surface area contributed by atoms with Crippen molar-refractivity contribution >= 4 is 29.1 Å². The molecule has 0 saturated carbocycles. The molecule has 0 unspecified atom stereocenters. The average Bonchev–Trinajstić information content (AvgIpc) is 2.18. The molecule has 0 heterocycles. The number of carbonyl (C=O) groups excluding carboxylic acids is 1. The summed E-state index contributed by atoms with van der Waals surface area (Å²) in [6.45, 7) is 0. The summed E-state index contributed by atoms with van der Waals surface area (Å²) in [5.41, 5.74) is 0.749. The van der Waals surface area contributed by atoms with Crippen molar-refractivity contribution in [3.63, 3.8) is 0 Å². The lowest BCUT2D eigenvalue weighted by molar-refractivity contribution is 0.0989. The van der Waals surface area contributed by atoms with Crippen LogP contribution in [0.1, 0.15) is 16.8 Å². The summed E-state index contributed by atoms with van der Waals surface area (Å²) in [5, 5.41) is 0. The lowest BCUT2D eigenvalue weighted by Gasteiger charge is -1.99. The predicted molar refractivity (Wildman–Crippen MR) is 57.9 cm³/mol. The highest BCUT2D eigenvalue weighted by Crippen LogP contribution is 2.15. The lowest BCUT2D eigenvalue weighted by atomic mass is 10.1. The van der Waals surface area contributed by atoms with Crippen molar-refractivity contribution in [1.29, 1.82) is 0 Å². The Bertz CT molecular complexity index is 281. The van der Waals surface area contributed by atoms with E-state index in [2.05, 4.69) is 0 Å². The van der Waals surface area contributed by atoms with Crippen molar-refractivity contribution in [2.75, 3.05) is 12.1 Å². The number of halogens is 1. The molecule has 0 aromatic heterocycles. The number of benzene rings is 1. The third kappa shape index (κ3) is 3.05. The molecule has 13 heavy (non-hydrogen) atoms. The zero-order valence-corrected chi connectivity index (χ0v) is 8.99. The van der Waals surface area contributed by atoms with Crippen LogP contribution in [0.2, 0.25) is 0 Å². The van der Waals surface area contributed by atoms with Gasteiger partial charge in [0, 0.05) is 22.8 Å². The van der Waals surface area contributed by atoms with E-state index in [1.807, 2.05) is 30.5 Å². The molecule has 1 rings (SSSR count). The molecule has 0 aliphatic rings. The maximum absolute atomic E-state index is 11.4. The molecule has 1 aromatic carbocycles. The fraction of sp³-hybridized carbons (Fsp3) is 0.300. The van der Waals surface area contributed by atoms with Crippen LogP contribution in [-0.4, -0.2) is 17.9 Å². The van der Waals surface area contributed by atoms with Crippen molar-refractivity contribution in [3.8, 4) is 0 Å². The van der Waals surface area contributed by atoms with Crippen LogP contribution in [0.25, 0.3) is 0 Å². The minimum atomic E-state index is 0.114. The van der Waals surface area contributed by atoms with E-state index in [1.165, 1.54) is 4.90 Å². The number of hydrogen-bond donors (Lipinski definition) is 0. The summed E-state index contributed by atoms with van der Waals surface area (Å²) >= 11 is 7.15. The fourth-order valence-electron chi connectivity index (χ4n) is 1.01. The molecule has 0 N–H and O–H groups in total. The Balaban J connectivity index is 2.74. The van der Waals surface area contributed by atoms with Gasteiger partial charge in [-0.15, -0.1) is 23.4 Å². The van der Waals surface area contributed by atoms with Gasteiger partial charge in [0.2, 0.25) is 0 Å². The van der Waals surface area contributed by atoms with E-state index < -0.39 is 0 Å². The number of alkyl halides is 1. The molecule has 0 atom stereocenters. The van der Waals surface area contributed by atoms with E-state index >= 15 is 0 Å². The topological polar surface area (TPSA) is 17.1 Å². The van der Waals surface area contributed by atoms with Crippen LogP contribution in [0.15, 0.2) is 29.2 Å². The van der Waals surface area contributed by atoms with Crippen LogP contribution in [-0.2, 0) is 0 Å². The minimum Gasteiger partial charge on any atom is -0.294 e. The van der Waals surface area contributed by atoms with Crippen LogP contribution in [0.4, 0.5) is 0 Å². The van der Waals surface area contributed by atoms with Gasteiger partial charge in [-0.25, -0.2) is 0 Å². The second-order valence-electron chi connectivity index (χ2n) is 2.59. The standard InChI is InChI=1S/C10H11ClOS/c1-13-9-4-2-8(3-5-9)10(12)6-7-11/h2-5H,6-7H2,1H3. The Kier molecular flexibility index (Phi) is 4.33. The first-order chi connectivity index (χ1) is 6.27. The molecule has 0 amide bonds. The Morgan fingerprint density at radius 2 is 2.00 bits per heavy atom. The SMILES string of the molecule is CSc1ccc(C(=O)CCCl)cc1.